The lowest BCUT2D eigenvalue weighted by Gasteiger charge is -2.41. The maximum atomic E-state index is 9.64. The predicted octanol–water partition coefficient (Wildman–Crippen LogP) is 3.70. The third-order valence-electron chi connectivity index (χ3n) is 5.88. The van der Waals surface area contributed by atoms with Crippen molar-refractivity contribution in [2.24, 2.45) is 0 Å². The molecule has 0 saturated carbocycles. The summed E-state index contributed by atoms with van der Waals surface area (Å²) >= 11 is 0. The van der Waals surface area contributed by atoms with Gasteiger partial charge in [0.1, 0.15) is 5.75 Å². The largest absolute Gasteiger partial charge is 0.494 e. The molecule has 4 rings (SSSR count). The summed E-state index contributed by atoms with van der Waals surface area (Å²) in [6, 6.07) is 19.3. The third kappa shape index (κ3) is 4.98. The van der Waals surface area contributed by atoms with Gasteiger partial charge in [-0.1, -0.05) is 36.4 Å². The van der Waals surface area contributed by atoms with Crippen LogP contribution in [0.15, 0.2) is 60.8 Å². The van der Waals surface area contributed by atoms with E-state index in [0.29, 0.717) is 12.6 Å². The molecular weight excluding hydrogens is 374 g/mol. The van der Waals surface area contributed by atoms with Crippen LogP contribution in [0.3, 0.4) is 0 Å². The van der Waals surface area contributed by atoms with Crippen LogP contribution in [-0.4, -0.2) is 58.8 Å². The molecule has 1 saturated heterocycles. The first-order chi connectivity index (χ1) is 14.8. The number of rotatable bonds is 8. The first-order valence-corrected chi connectivity index (χ1v) is 10.9. The standard InChI is InChI=1S/C25H31N3O2/c1-2-30-24-10-8-20(9-11-24)17-28-15-14-27(19-23(28)12-16-29)18-22-6-3-5-21-7-4-13-26-25(21)22/h3-11,13,23,29H,2,12,14-19H2,1H3/t23-/m1/s1. The molecule has 2 aromatic carbocycles. The van der Waals surface area contributed by atoms with E-state index in [0.717, 1.165) is 50.4 Å². The van der Waals surface area contributed by atoms with E-state index < -0.39 is 0 Å². The number of fused-ring (bicyclic) bond motifs is 1. The maximum Gasteiger partial charge on any atom is 0.119 e. The first kappa shape index (κ1) is 20.8. The molecule has 0 aliphatic carbocycles. The van der Waals surface area contributed by atoms with Crippen molar-refractivity contribution in [3.8, 4) is 5.75 Å². The predicted molar refractivity (Wildman–Crippen MR) is 121 cm³/mol. The molecule has 158 valence electrons. The zero-order chi connectivity index (χ0) is 20.8. The summed E-state index contributed by atoms with van der Waals surface area (Å²) in [6.45, 7) is 7.67. The molecular formula is C25H31N3O2. The van der Waals surface area contributed by atoms with Crippen molar-refractivity contribution in [1.82, 2.24) is 14.8 Å². The molecule has 30 heavy (non-hydrogen) atoms. The zero-order valence-corrected chi connectivity index (χ0v) is 17.7. The van der Waals surface area contributed by atoms with E-state index in [1.807, 2.05) is 31.3 Å². The third-order valence-corrected chi connectivity index (χ3v) is 5.88. The number of aromatic nitrogens is 1. The minimum absolute atomic E-state index is 0.216. The fraction of sp³-hybridized carbons (Fsp3) is 0.400. The average Bonchev–Trinajstić information content (AvgIpc) is 2.77. The van der Waals surface area contributed by atoms with Crippen LogP contribution in [0.25, 0.3) is 10.9 Å². The number of hydrogen-bond acceptors (Lipinski definition) is 5. The molecule has 0 spiro atoms. The minimum Gasteiger partial charge on any atom is -0.494 e. The Morgan fingerprint density at radius 3 is 2.67 bits per heavy atom. The summed E-state index contributed by atoms with van der Waals surface area (Å²) in [5, 5.41) is 10.8. The quantitative estimate of drug-likeness (QED) is 0.619. The van der Waals surface area contributed by atoms with Gasteiger partial charge in [0, 0.05) is 57.0 Å². The van der Waals surface area contributed by atoms with E-state index in [-0.39, 0.29) is 6.61 Å². The van der Waals surface area contributed by atoms with Gasteiger partial charge in [0.2, 0.25) is 0 Å². The Morgan fingerprint density at radius 2 is 1.87 bits per heavy atom. The van der Waals surface area contributed by atoms with Gasteiger partial charge >= 0.3 is 0 Å². The molecule has 1 atom stereocenters. The van der Waals surface area contributed by atoms with Crippen LogP contribution in [0.1, 0.15) is 24.5 Å². The summed E-state index contributed by atoms with van der Waals surface area (Å²) in [6.07, 6.45) is 2.66. The number of ether oxygens (including phenoxy) is 1. The van der Waals surface area contributed by atoms with Crippen LogP contribution in [-0.2, 0) is 13.1 Å². The number of pyridine rings is 1. The monoisotopic (exact) mass is 405 g/mol. The van der Waals surface area contributed by atoms with Crippen molar-refractivity contribution < 1.29 is 9.84 Å². The lowest BCUT2D eigenvalue weighted by Crippen LogP contribution is -2.52. The highest BCUT2D eigenvalue weighted by atomic mass is 16.5. The van der Waals surface area contributed by atoms with E-state index in [4.69, 9.17) is 4.74 Å². The van der Waals surface area contributed by atoms with Crippen molar-refractivity contribution in [3.05, 3.63) is 71.9 Å². The van der Waals surface area contributed by atoms with Crippen molar-refractivity contribution in [3.63, 3.8) is 0 Å². The van der Waals surface area contributed by atoms with Crippen molar-refractivity contribution in [2.75, 3.05) is 32.8 Å². The summed E-state index contributed by atoms with van der Waals surface area (Å²) in [7, 11) is 0. The number of benzene rings is 2. The van der Waals surface area contributed by atoms with Gasteiger partial charge in [0.05, 0.1) is 12.1 Å². The normalized spacial score (nSPS) is 18.0. The highest BCUT2D eigenvalue weighted by Crippen LogP contribution is 2.22. The van der Waals surface area contributed by atoms with E-state index in [1.54, 1.807) is 0 Å². The number of aliphatic hydroxyl groups excluding tert-OH is 1. The molecule has 1 aromatic heterocycles. The Balaban J connectivity index is 1.42. The van der Waals surface area contributed by atoms with Crippen molar-refractivity contribution in [2.45, 2.75) is 32.5 Å². The Kier molecular flexibility index (Phi) is 6.95. The van der Waals surface area contributed by atoms with Gasteiger partial charge in [-0.15, -0.1) is 0 Å². The van der Waals surface area contributed by atoms with Crippen molar-refractivity contribution in [1.29, 1.82) is 0 Å². The molecule has 2 heterocycles. The van der Waals surface area contributed by atoms with Gasteiger partial charge in [0.25, 0.3) is 0 Å². The molecule has 0 bridgehead atoms. The summed E-state index contributed by atoms with van der Waals surface area (Å²) in [5.74, 6) is 0.918. The second kappa shape index (κ2) is 10.0. The number of nitrogens with zero attached hydrogens (tertiary/aromatic N) is 3. The highest BCUT2D eigenvalue weighted by Gasteiger charge is 2.27. The summed E-state index contributed by atoms with van der Waals surface area (Å²) < 4.78 is 5.55. The molecule has 0 amide bonds. The van der Waals surface area contributed by atoms with E-state index in [9.17, 15) is 5.11 Å². The van der Waals surface area contributed by atoms with Gasteiger partial charge in [-0.25, -0.2) is 0 Å². The molecule has 5 nitrogen and oxygen atoms in total. The van der Waals surface area contributed by atoms with Gasteiger partial charge in [-0.05, 0) is 42.7 Å². The number of hydrogen-bond donors (Lipinski definition) is 1. The lowest BCUT2D eigenvalue weighted by atomic mass is 10.0. The fourth-order valence-electron chi connectivity index (χ4n) is 4.36. The number of aliphatic hydroxyl groups is 1. The van der Waals surface area contributed by atoms with Gasteiger partial charge < -0.3 is 9.84 Å². The fourth-order valence-corrected chi connectivity index (χ4v) is 4.36. The van der Waals surface area contributed by atoms with Gasteiger partial charge in [-0.3, -0.25) is 14.8 Å². The summed E-state index contributed by atoms with van der Waals surface area (Å²) in [4.78, 5) is 9.61. The van der Waals surface area contributed by atoms with Crippen LogP contribution in [0.4, 0.5) is 0 Å². The van der Waals surface area contributed by atoms with E-state index in [2.05, 4.69) is 51.2 Å². The molecule has 1 aliphatic rings. The van der Waals surface area contributed by atoms with Gasteiger partial charge in [0.15, 0.2) is 0 Å². The van der Waals surface area contributed by atoms with Crippen LogP contribution in [0.2, 0.25) is 0 Å². The average molecular weight is 406 g/mol. The van der Waals surface area contributed by atoms with Crippen LogP contribution in [0, 0.1) is 0 Å². The SMILES string of the molecule is CCOc1ccc(CN2CCN(Cc3cccc4cccnc34)C[C@H]2CCO)cc1. The molecule has 0 radical (unpaired) electrons. The molecule has 0 unspecified atom stereocenters. The Hall–Kier alpha value is -2.47. The molecule has 1 N–H and O–H groups in total. The Bertz CT molecular complexity index is 939. The molecule has 1 aliphatic heterocycles. The Labute approximate surface area is 178 Å². The highest BCUT2D eigenvalue weighted by molar-refractivity contribution is 5.81. The molecule has 3 aromatic rings. The van der Waals surface area contributed by atoms with Crippen LogP contribution in [0.5, 0.6) is 5.75 Å². The van der Waals surface area contributed by atoms with E-state index in [1.165, 1.54) is 16.5 Å². The smallest absolute Gasteiger partial charge is 0.119 e. The lowest BCUT2D eigenvalue weighted by molar-refractivity contribution is 0.0501. The number of para-hydroxylation sites is 1. The summed E-state index contributed by atoms with van der Waals surface area (Å²) in [5.41, 5.74) is 3.65. The number of piperazine rings is 1. The topological polar surface area (TPSA) is 48.8 Å². The van der Waals surface area contributed by atoms with Crippen LogP contribution >= 0.6 is 0 Å². The molecule has 1 fully saturated rings. The maximum absolute atomic E-state index is 9.64. The minimum atomic E-state index is 0.216. The van der Waals surface area contributed by atoms with Crippen molar-refractivity contribution >= 4 is 10.9 Å². The first-order valence-electron chi connectivity index (χ1n) is 10.9. The second-order valence-electron chi connectivity index (χ2n) is 7.94. The molecule has 5 heteroatoms. The Morgan fingerprint density at radius 1 is 1.03 bits per heavy atom. The van der Waals surface area contributed by atoms with Gasteiger partial charge in [-0.2, -0.15) is 0 Å². The second-order valence-corrected chi connectivity index (χ2v) is 7.94. The van der Waals surface area contributed by atoms with Crippen LogP contribution < -0.4 is 4.74 Å². The van der Waals surface area contributed by atoms with E-state index >= 15 is 0 Å². The zero-order valence-electron chi connectivity index (χ0n) is 17.7.